The quantitative estimate of drug-likeness (QED) is 0.857. The van der Waals surface area contributed by atoms with Gasteiger partial charge in [0.2, 0.25) is 10.0 Å². The van der Waals surface area contributed by atoms with Gasteiger partial charge in [0.25, 0.3) is 5.91 Å². The Kier molecular flexibility index (Phi) is 5.56. The van der Waals surface area contributed by atoms with Crippen molar-refractivity contribution in [3.05, 3.63) is 65.7 Å². The summed E-state index contributed by atoms with van der Waals surface area (Å²) in [6.07, 6.45) is 2.23. The third kappa shape index (κ3) is 4.89. The molecule has 1 amide bonds. The van der Waals surface area contributed by atoms with Gasteiger partial charge in [-0.1, -0.05) is 36.4 Å². The summed E-state index contributed by atoms with van der Waals surface area (Å²) in [5.41, 5.74) is 1.75. The van der Waals surface area contributed by atoms with Crippen molar-refractivity contribution in [3.8, 4) is 0 Å². The predicted molar refractivity (Wildman–Crippen MR) is 109 cm³/mol. The van der Waals surface area contributed by atoms with Gasteiger partial charge in [-0.3, -0.25) is 9.10 Å². The predicted octanol–water partition coefficient (Wildman–Crippen LogP) is 3.37. The summed E-state index contributed by atoms with van der Waals surface area (Å²) in [6, 6.07) is 16.9. The van der Waals surface area contributed by atoms with Crippen LogP contribution < -0.4 is 9.62 Å². The molecule has 1 fully saturated rings. The number of anilines is 1. The molecule has 5 nitrogen and oxygen atoms in total. The fourth-order valence-corrected chi connectivity index (χ4v) is 5.04. The molecule has 0 radical (unpaired) electrons. The van der Waals surface area contributed by atoms with Gasteiger partial charge in [-0.15, -0.1) is 0 Å². The number of carbonyl (C=O) groups excluding carboxylic acids is 1. The fourth-order valence-electron chi connectivity index (χ4n) is 3.41. The molecule has 0 atom stereocenters. The fraction of sp³-hybridized carbons (Fsp3) is 0.381. The van der Waals surface area contributed by atoms with Crippen LogP contribution in [0.25, 0.3) is 0 Å². The summed E-state index contributed by atoms with van der Waals surface area (Å²) in [5.74, 6) is -0.0414. The number of hydrogen-bond acceptors (Lipinski definition) is 3. The lowest BCUT2D eigenvalue weighted by atomic mass is 9.94. The van der Waals surface area contributed by atoms with Crippen molar-refractivity contribution in [1.29, 1.82) is 0 Å². The summed E-state index contributed by atoms with van der Waals surface area (Å²) in [7, 11) is -3.29. The van der Waals surface area contributed by atoms with E-state index in [1.165, 1.54) is 4.31 Å². The van der Waals surface area contributed by atoms with Gasteiger partial charge in [0, 0.05) is 17.6 Å². The van der Waals surface area contributed by atoms with Gasteiger partial charge in [-0.25, -0.2) is 8.42 Å². The molecule has 0 unspecified atom stereocenters. The van der Waals surface area contributed by atoms with Crippen molar-refractivity contribution in [2.24, 2.45) is 0 Å². The lowest BCUT2D eigenvalue weighted by molar-refractivity contribution is 0.0913. The highest BCUT2D eigenvalue weighted by molar-refractivity contribution is 7.92. The largest absolute Gasteiger partial charge is 0.347 e. The van der Waals surface area contributed by atoms with E-state index in [4.69, 9.17) is 0 Å². The van der Waals surface area contributed by atoms with Crippen LogP contribution in [0.15, 0.2) is 54.6 Å². The van der Waals surface area contributed by atoms with Crippen LogP contribution >= 0.6 is 0 Å². The summed E-state index contributed by atoms with van der Waals surface area (Å²) in [5, 5.41) is 3.07. The van der Waals surface area contributed by atoms with Crippen LogP contribution in [0.1, 0.15) is 42.6 Å². The van der Waals surface area contributed by atoms with Crippen LogP contribution in [0, 0.1) is 0 Å². The van der Waals surface area contributed by atoms with Gasteiger partial charge in [-0.05, 0) is 56.9 Å². The average molecular weight is 387 g/mol. The van der Waals surface area contributed by atoms with Gasteiger partial charge in [0.05, 0.1) is 11.4 Å². The maximum absolute atomic E-state index is 12.8. The zero-order valence-electron chi connectivity index (χ0n) is 15.8. The molecule has 0 saturated carbocycles. The molecule has 1 heterocycles. The SMILES string of the molecule is CC(C)(Cc1ccccc1)NC(=O)c1cccc(N2CCCCS2(=O)=O)c1. The van der Waals surface area contributed by atoms with Gasteiger partial charge in [-0.2, -0.15) is 0 Å². The number of benzene rings is 2. The van der Waals surface area contributed by atoms with E-state index in [1.807, 2.05) is 44.2 Å². The number of hydrogen-bond donors (Lipinski definition) is 1. The van der Waals surface area contributed by atoms with Crippen LogP contribution in [-0.2, 0) is 16.4 Å². The molecule has 0 aromatic heterocycles. The second kappa shape index (κ2) is 7.72. The third-order valence-electron chi connectivity index (χ3n) is 4.69. The maximum Gasteiger partial charge on any atom is 0.251 e. The molecule has 144 valence electrons. The highest BCUT2D eigenvalue weighted by atomic mass is 32.2. The normalized spacial score (nSPS) is 16.7. The third-order valence-corrected chi connectivity index (χ3v) is 6.56. The molecular weight excluding hydrogens is 360 g/mol. The lowest BCUT2D eigenvalue weighted by Gasteiger charge is -2.29. The van der Waals surface area contributed by atoms with Gasteiger partial charge >= 0.3 is 0 Å². The summed E-state index contributed by atoms with van der Waals surface area (Å²) >= 11 is 0. The molecule has 2 aromatic carbocycles. The Labute approximate surface area is 161 Å². The van der Waals surface area contributed by atoms with Crippen molar-refractivity contribution in [3.63, 3.8) is 0 Å². The zero-order valence-corrected chi connectivity index (χ0v) is 16.6. The maximum atomic E-state index is 12.8. The van der Waals surface area contributed by atoms with Crippen LogP contribution in [0.3, 0.4) is 0 Å². The Balaban J connectivity index is 1.75. The average Bonchev–Trinajstić information content (AvgIpc) is 2.61. The van der Waals surface area contributed by atoms with E-state index >= 15 is 0 Å². The Morgan fingerprint density at radius 2 is 1.81 bits per heavy atom. The zero-order chi connectivity index (χ0) is 19.5. The van der Waals surface area contributed by atoms with Gasteiger partial charge in [0.1, 0.15) is 0 Å². The van der Waals surface area contributed by atoms with E-state index in [1.54, 1.807) is 24.3 Å². The van der Waals surface area contributed by atoms with E-state index in [9.17, 15) is 13.2 Å². The first kappa shape index (κ1) is 19.4. The lowest BCUT2D eigenvalue weighted by Crippen LogP contribution is -2.45. The molecule has 0 spiro atoms. The molecule has 1 aliphatic heterocycles. The van der Waals surface area contributed by atoms with E-state index in [2.05, 4.69) is 5.32 Å². The first-order chi connectivity index (χ1) is 12.8. The number of rotatable bonds is 5. The van der Waals surface area contributed by atoms with Crippen molar-refractivity contribution in [1.82, 2.24) is 5.32 Å². The first-order valence-electron chi connectivity index (χ1n) is 9.24. The highest BCUT2D eigenvalue weighted by Crippen LogP contribution is 2.24. The van der Waals surface area contributed by atoms with Crippen LogP contribution in [-0.4, -0.2) is 32.2 Å². The molecule has 3 rings (SSSR count). The van der Waals surface area contributed by atoms with E-state index in [-0.39, 0.29) is 11.7 Å². The second-order valence-electron chi connectivity index (χ2n) is 7.65. The Bertz CT molecular complexity index is 908. The van der Waals surface area contributed by atoms with Crippen molar-refractivity contribution < 1.29 is 13.2 Å². The Morgan fingerprint density at radius 1 is 1.07 bits per heavy atom. The molecule has 0 bridgehead atoms. The minimum absolute atomic E-state index is 0.160. The smallest absolute Gasteiger partial charge is 0.251 e. The summed E-state index contributed by atoms with van der Waals surface area (Å²) < 4.78 is 26.1. The molecule has 0 aliphatic carbocycles. The van der Waals surface area contributed by atoms with E-state index in [0.29, 0.717) is 30.6 Å². The molecule has 2 aromatic rings. The Hall–Kier alpha value is -2.34. The van der Waals surface area contributed by atoms with Crippen molar-refractivity contribution in [2.75, 3.05) is 16.6 Å². The van der Waals surface area contributed by atoms with Crippen molar-refractivity contribution in [2.45, 2.75) is 38.6 Å². The number of nitrogens with zero attached hydrogens (tertiary/aromatic N) is 1. The standard InChI is InChI=1S/C21H26N2O3S/c1-21(2,16-17-9-4-3-5-10-17)22-20(24)18-11-8-12-19(15-18)23-13-6-7-14-27(23,25)26/h3-5,8-12,15H,6-7,13-14,16H2,1-2H3,(H,22,24). The topological polar surface area (TPSA) is 66.5 Å². The minimum atomic E-state index is -3.29. The summed E-state index contributed by atoms with van der Waals surface area (Å²) in [6.45, 7) is 4.43. The number of carbonyl (C=O) groups is 1. The van der Waals surface area contributed by atoms with Gasteiger partial charge in [0.15, 0.2) is 0 Å². The van der Waals surface area contributed by atoms with Gasteiger partial charge < -0.3 is 5.32 Å². The monoisotopic (exact) mass is 386 g/mol. The van der Waals surface area contributed by atoms with E-state index in [0.717, 1.165) is 12.0 Å². The summed E-state index contributed by atoms with van der Waals surface area (Å²) in [4.78, 5) is 12.8. The highest BCUT2D eigenvalue weighted by Gasteiger charge is 2.27. The molecule has 1 aliphatic rings. The molecule has 6 heteroatoms. The molecular formula is C21H26N2O3S. The Morgan fingerprint density at radius 3 is 2.52 bits per heavy atom. The van der Waals surface area contributed by atoms with Crippen LogP contribution in [0.5, 0.6) is 0 Å². The second-order valence-corrected chi connectivity index (χ2v) is 9.66. The molecule has 1 saturated heterocycles. The number of nitrogens with one attached hydrogen (secondary N) is 1. The molecule has 27 heavy (non-hydrogen) atoms. The minimum Gasteiger partial charge on any atom is -0.347 e. The number of amides is 1. The molecule has 1 N–H and O–H groups in total. The first-order valence-corrected chi connectivity index (χ1v) is 10.8. The van der Waals surface area contributed by atoms with Crippen molar-refractivity contribution >= 4 is 21.6 Å². The van der Waals surface area contributed by atoms with Crippen LogP contribution in [0.4, 0.5) is 5.69 Å². The number of sulfonamides is 1. The van der Waals surface area contributed by atoms with Crippen LogP contribution in [0.2, 0.25) is 0 Å². The van der Waals surface area contributed by atoms with E-state index < -0.39 is 15.6 Å².